The molecule has 4 aromatic carbocycles. The number of anilines is 3. The molecule has 4 heterocycles. The van der Waals surface area contributed by atoms with Gasteiger partial charge in [0.05, 0.1) is 30.4 Å². The van der Waals surface area contributed by atoms with Crippen LogP contribution in [0.1, 0.15) is 68.2 Å². The van der Waals surface area contributed by atoms with E-state index in [0.717, 1.165) is 46.8 Å². The zero-order valence-electron chi connectivity index (χ0n) is 32.0. The average Bonchev–Trinajstić information content (AvgIpc) is 3.21. The molecule has 18 heteroatoms. The van der Waals surface area contributed by atoms with E-state index < -0.39 is 35.1 Å². The van der Waals surface area contributed by atoms with Gasteiger partial charge in [-0.15, -0.1) is 12.4 Å². The van der Waals surface area contributed by atoms with Crippen LogP contribution in [0.5, 0.6) is 11.5 Å². The van der Waals surface area contributed by atoms with Gasteiger partial charge >= 0.3 is 0 Å². The van der Waals surface area contributed by atoms with Gasteiger partial charge in [-0.05, 0) is 74.0 Å². The summed E-state index contributed by atoms with van der Waals surface area (Å²) in [7, 11) is 0. The van der Waals surface area contributed by atoms with E-state index in [1.165, 1.54) is 12.1 Å². The first kappa shape index (κ1) is 44.7. The molecule has 0 saturated heterocycles. The Kier molecular flexibility index (Phi) is 15.3. The maximum Gasteiger partial charge on any atom is 0.259 e. The van der Waals surface area contributed by atoms with Gasteiger partial charge in [-0.1, -0.05) is 24.3 Å². The molecular weight excluding hydrogens is 827 g/mol. The number of aryl methyl sites for hydroxylation is 2. The lowest BCUT2D eigenvalue weighted by atomic mass is 9.97. The Morgan fingerprint density at radius 3 is 1.72 bits per heavy atom. The van der Waals surface area contributed by atoms with Gasteiger partial charge in [0, 0.05) is 77.3 Å². The summed E-state index contributed by atoms with van der Waals surface area (Å²) in [4.78, 5) is 41.2. The fourth-order valence-electron chi connectivity index (χ4n) is 6.02. The number of benzene rings is 4. The molecule has 2 atom stereocenters. The standard InChI is InChI=1S/C21H18F2N4O2.C16H14F2N2O2.C5H5ClN2.ClH/c1-12-7-9-24-21(25-12)27-18-8-10-29-19-14(18)3-2-4-15(19)20(28)26-13-5-6-16(22)17(23)11-13;17-12-5-4-9(8-13(12)18)20-16(21)11-3-1-2-10-14(19)6-7-22-15(10)11;1-4-2-3-7-5(6)8-4;/h2-7,9,11,18H,8,10H2,1H3,(H,26,28)(H,24,25,27);1-5,8,14H,6-7,19H2,(H,20,21);2-3H,1H3;1H/t18-;14-;;/m00../s1. The number of carbonyl (C=O) groups is 2. The summed E-state index contributed by atoms with van der Waals surface area (Å²) in [6.07, 6.45) is 4.67. The van der Waals surface area contributed by atoms with E-state index in [9.17, 15) is 27.2 Å². The summed E-state index contributed by atoms with van der Waals surface area (Å²) in [5.41, 5.74) is 10.3. The minimum Gasteiger partial charge on any atom is -0.492 e. The molecule has 2 amide bonds. The number of fused-ring (bicyclic) bond motifs is 2. The summed E-state index contributed by atoms with van der Waals surface area (Å²) in [6, 6.07) is 20.0. The lowest BCUT2D eigenvalue weighted by Crippen LogP contribution is -2.24. The molecule has 2 aliphatic heterocycles. The van der Waals surface area contributed by atoms with Crippen LogP contribution < -0.4 is 31.2 Å². The third-order valence-electron chi connectivity index (χ3n) is 8.90. The molecule has 6 aromatic rings. The summed E-state index contributed by atoms with van der Waals surface area (Å²) in [5.74, 6) is -3.54. The third kappa shape index (κ3) is 11.4. The predicted molar refractivity (Wildman–Crippen MR) is 221 cm³/mol. The van der Waals surface area contributed by atoms with Crippen LogP contribution in [0.4, 0.5) is 34.9 Å². The van der Waals surface area contributed by atoms with Gasteiger partial charge in [-0.25, -0.2) is 37.5 Å². The Bertz CT molecular complexity index is 2470. The van der Waals surface area contributed by atoms with Gasteiger partial charge in [0.1, 0.15) is 11.5 Å². The van der Waals surface area contributed by atoms with E-state index in [-0.39, 0.29) is 35.9 Å². The number of nitrogens with zero attached hydrogens (tertiary/aromatic N) is 4. The molecule has 0 aliphatic carbocycles. The predicted octanol–water partition coefficient (Wildman–Crippen LogP) is 9.11. The zero-order chi connectivity index (χ0) is 42.1. The third-order valence-corrected chi connectivity index (χ3v) is 9.08. The number of carbonyl (C=O) groups excluding carboxylic acids is 2. The largest absolute Gasteiger partial charge is 0.492 e. The Morgan fingerprint density at radius 1 is 0.683 bits per heavy atom. The number of hydrogen-bond donors (Lipinski definition) is 4. The van der Waals surface area contributed by atoms with Gasteiger partial charge in [0.2, 0.25) is 11.2 Å². The summed E-state index contributed by atoms with van der Waals surface area (Å²) in [6.45, 7) is 4.59. The van der Waals surface area contributed by atoms with Gasteiger partial charge in [0.25, 0.3) is 11.8 Å². The number of aromatic nitrogens is 4. The Balaban J connectivity index is 0.000000194. The SMILES string of the molecule is Cc1ccnc(Cl)n1.Cc1ccnc(N[C@H]2CCOc3c(C(=O)Nc4ccc(F)c(F)c4)cccc32)n1.Cl.N[C@H]1CCOc2c(C(=O)Nc3ccc(F)c(F)c3)cccc21. The first-order valence-corrected chi connectivity index (χ1v) is 18.5. The van der Waals surface area contributed by atoms with Crippen molar-refractivity contribution in [2.75, 3.05) is 29.2 Å². The molecule has 2 aromatic heterocycles. The van der Waals surface area contributed by atoms with Crippen molar-refractivity contribution in [2.24, 2.45) is 5.73 Å². The van der Waals surface area contributed by atoms with Crippen LogP contribution in [0.15, 0.2) is 97.3 Å². The van der Waals surface area contributed by atoms with Gasteiger partial charge in [-0.2, -0.15) is 0 Å². The van der Waals surface area contributed by atoms with Crippen LogP contribution >= 0.6 is 24.0 Å². The molecule has 2 aliphatic rings. The van der Waals surface area contributed by atoms with Crippen LogP contribution in [0.25, 0.3) is 0 Å². The van der Waals surface area contributed by atoms with Crippen molar-refractivity contribution in [3.8, 4) is 11.5 Å². The zero-order valence-corrected chi connectivity index (χ0v) is 33.6. The smallest absolute Gasteiger partial charge is 0.259 e. The highest BCUT2D eigenvalue weighted by Crippen LogP contribution is 2.37. The highest BCUT2D eigenvalue weighted by atomic mass is 35.5. The van der Waals surface area contributed by atoms with Gasteiger partial charge in [0.15, 0.2) is 23.3 Å². The number of nitrogens with one attached hydrogen (secondary N) is 3. The number of rotatable bonds is 6. The van der Waals surface area contributed by atoms with Crippen molar-refractivity contribution in [1.82, 2.24) is 19.9 Å². The molecule has 0 radical (unpaired) electrons. The molecule has 0 spiro atoms. The second kappa shape index (κ2) is 20.6. The van der Waals surface area contributed by atoms with E-state index >= 15 is 0 Å². The summed E-state index contributed by atoms with van der Waals surface area (Å²) in [5, 5.41) is 8.69. The Labute approximate surface area is 353 Å². The fraction of sp³-hybridized carbons (Fsp3) is 0.190. The van der Waals surface area contributed by atoms with E-state index in [0.29, 0.717) is 59.9 Å². The van der Waals surface area contributed by atoms with Gasteiger partial charge in [-0.3, -0.25) is 9.59 Å². The molecule has 0 saturated carbocycles. The number of nitrogens with two attached hydrogens (primary N) is 1. The van der Waals surface area contributed by atoms with E-state index in [1.807, 2.05) is 32.0 Å². The number of amides is 2. The maximum absolute atomic E-state index is 13.4. The lowest BCUT2D eigenvalue weighted by molar-refractivity contribution is 0.101. The van der Waals surface area contributed by atoms with Crippen molar-refractivity contribution in [2.45, 2.75) is 38.8 Å². The number of hydrogen-bond acceptors (Lipinski definition) is 10. The van der Waals surface area contributed by atoms with Crippen LogP contribution in [0, 0.1) is 37.1 Å². The minimum atomic E-state index is -1.03. The lowest BCUT2D eigenvalue weighted by Gasteiger charge is -2.28. The van der Waals surface area contributed by atoms with Crippen molar-refractivity contribution in [3.63, 3.8) is 0 Å². The van der Waals surface area contributed by atoms with Gasteiger partial charge < -0.3 is 31.2 Å². The molecule has 5 N–H and O–H groups in total. The first-order chi connectivity index (χ1) is 28.4. The molecule has 0 bridgehead atoms. The molecule has 312 valence electrons. The normalized spacial score (nSPS) is 14.7. The Morgan fingerprint density at radius 2 is 1.20 bits per heavy atom. The number of para-hydroxylation sites is 2. The first-order valence-electron chi connectivity index (χ1n) is 18.2. The highest BCUT2D eigenvalue weighted by molar-refractivity contribution is 6.28. The van der Waals surface area contributed by atoms with E-state index in [2.05, 4.69) is 35.9 Å². The number of halogens is 6. The van der Waals surface area contributed by atoms with Crippen molar-refractivity contribution >= 4 is 53.1 Å². The van der Waals surface area contributed by atoms with Crippen molar-refractivity contribution < 1.29 is 36.6 Å². The average molecular weight is 866 g/mol. The molecule has 0 unspecified atom stereocenters. The molecular formula is C42H38Cl2F4N8O4. The van der Waals surface area contributed by atoms with Crippen molar-refractivity contribution in [1.29, 1.82) is 0 Å². The van der Waals surface area contributed by atoms with Crippen LogP contribution in [-0.4, -0.2) is 45.0 Å². The monoisotopic (exact) mass is 864 g/mol. The second-order valence-electron chi connectivity index (χ2n) is 13.2. The molecule has 0 fully saturated rings. The summed E-state index contributed by atoms with van der Waals surface area (Å²) < 4.78 is 63.9. The maximum atomic E-state index is 13.4. The van der Waals surface area contributed by atoms with Crippen LogP contribution in [-0.2, 0) is 0 Å². The van der Waals surface area contributed by atoms with Crippen LogP contribution in [0.2, 0.25) is 5.28 Å². The highest BCUT2D eigenvalue weighted by Gasteiger charge is 2.27. The molecule has 8 rings (SSSR count). The molecule has 60 heavy (non-hydrogen) atoms. The minimum absolute atomic E-state index is 0. The summed E-state index contributed by atoms with van der Waals surface area (Å²) >= 11 is 5.42. The molecule has 12 nitrogen and oxygen atoms in total. The Hall–Kier alpha value is -6.36. The topological polar surface area (TPSA) is 166 Å². The van der Waals surface area contributed by atoms with E-state index in [4.69, 9.17) is 26.8 Å². The van der Waals surface area contributed by atoms with Crippen molar-refractivity contribution in [3.05, 3.63) is 160 Å². The van der Waals surface area contributed by atoms with Crippen LogP contribution in [0.3, 0.4) is 0 Å². The quantitative estimate of drug-likeness (QED) is 0.0937. The second-order valence-corrected chi connectivity index (χ2v) is 13.5. The number of ether oxygens (including phenoxy) is 2. The fourth-order valence-corrected chi connectivity index (χ4v) is 6.21. The van der Waals surface area contributed by atoms with E-state index in [1.54, 1.807) is 42.7 Å².